The van der Waals surface area contributed by atoms with Crippen LogP contribution in [0, 0.1) is 5.92 Å². The van der Waals surface area contributed by atoms with E-state index in [1.165, 1.54) is 0 Å². The Hall–Kier alpha value is -0.730. The van der Waals surface area contributed by atoms with Crippen molar-refractivity contribution >= 4 is 34.8 Å². The lowest BCUT2D eigenvalue weighted by Gasteiger charge is -2.28. The molecule has 4 heteroatoms. The predicted molar refractivity (Wildman–Crippen MR) is 65.2 cm³/mol. The second kappa shape index (κ2) is 3.64. The maximum absolute atomic E-state index is 11.9. The Morgan fingerprint density at radius 2 is 1.94 bits per heavy atom. The molecule has 1 aromatic rings. The SMILES string of the molecule is O=C1Nc2c(Cl)cc(Cl)cc2C2CCCC12. The summed E-state index contributed by atoms with van der Waals surface area (Å²) >= 11 is 12.1. The lowest BCUT2D eigenvalue weighted by atomic mass is 9.84. The van der Waals surface area contributed by atoms with E-state index < -0.39 is 0 Å². The summed E-state index contributed by atoms with van der Waals surface area (Å²) in [6.45, 7) is 0. The maximum Gasteiger partial charge on any atom is 0.228 e. The number of benzene rings is 1. The Labute approximate surface area is 104 Å². The number of hydrogen-bond acceptors (Lipinski definition) is 1. The summed E-state index contributed by atoms with van der Waals surface area (Å²) in [4.78, 5) is 11.9. The maximum atomic E-state index is 11.9. The Morgan fingerprint density at radius 1 is 1.19 bits per heavy atom. The Kier molecular flexibility index (Phi) is 2.37. The molecule has 0 radical (unpaired) electrons. The lowest BCUT2D eigenvalue weighted by Crippen LogP contribution is -2.30. The third-order valence-corrected chi connectivity index (χ3v) is 4.10. The predicted octanol–water partition coefficient (Wildman–Crippen LogP) is 3.83. The highest BCUT2D eigenvalue weighted by atomic mass is 35.5. The van der Waals surface area contributed by atoms with E-state index in [2.05, 4.69) is 5.32 Å². The Balaban J connectivity index is 2.17. The van der Waals surface area contributed by atoms with E-state index >= 15 is 0 Å². The van der Waals surface area contributed by atoms with Gasteiger partial charge in [-0.15, -0.1) is 0 Å². The van der Waals surface area contributed by atoms with Gasteiger partial charge in [-0.1, -0.05) is 29.6 Å². The van der Waals surface area contributed by atoms with Crippen molar-refractivity contribution in [2.45, 2.75) is 25.2 Å². The smallest absolute Gasteiger partial charge is 0.228 e. The standard InChI is InChI=1S/C12H11Cl2NO/c13-6-4-9-7-2-1-3-8(7)12(16)15-11(9)10(14)5-6/h4-5,7-8H,1-3H2,(H,15,16). The van der Waals surface area contributed by atoms with Crippen molar-refractivity contribution in [2.75, 3.05) is 5.32 Å². The molecule has 16 heavy (non-hydrogen) atoms. The number of fused-ring (bicyclic) bond motifs is 3. The minimum absolute atomic E-state index is 0.110. The third kappa shape index (κ3) is 1.44. The molecule has 1 amide bonds. The summed E-state index contributed by atoms with van der Waals surface area (Å²) in [6, 6.07) is 3.61. The van der Waals surface area contributed by atoms with Crippen molar-refractivity contribution in [3.05, 3.63) is 27.7 Å². The molecule has 1 aliphatic heterocycles. The highest BCUT2D eigenvalue weighted by Crippen LogP contribution is 2.48. The van der Waals surface area contributed by atoms with Gasteiger partial charge in [0.25, 0.3) is 0 Å². The molecule has 1 saturated carbocycles. The van der Waals surface area contributed by atoms with Gasteiger partial charge in [-0.05, 0) is 36.5 Å². The second-order valence-electron chi connectivity index (χ2n) is 4.48. The van der Waals surface area contributed by atoms with Gasteiger partial charge in [0.1, 0.15) is 0 Å². The minimum atomic E-state index is 0.110. The van der Waals surface area contributed by atoms with Crippen molar-refractivity contribution in [3.8, 4) is 0 Å². The largest absolute Gasteiger partial charge is 0.324 e. The van der Waals surface area contributed by atoms with Crippen LogP contribution in [0.15, 0.2) is 12.1 Å². The van der Waals surface area contributed by atoms with Gasteiger partial charge in [0, 0.05) is 10.9 Å². The molecule has 1 fully saturated rings. The summed E-state index contributed by atoms with van der Waals surface area (Å²) in [7, 11) is 0. The van der Waals surface area contributed by atoms with Crippen LogP contribution in [0.4, 0.5) is 5.69 Å². The van der Waals surface area contributed by atoms with Crippen molar-refractivity contribution in [2.24, 2.45) is 5.92 Å². The first-order valence-electron chi connectivity index (χ1n) is 5.46. The summed E-state index contributed by atoms with van der Waals surface area (Å²) in [5.74, 6) is 0.529. The molecule has 0 spiro atoms. The van der Waals surface area contributed by atoms with Gasteiger partial charge in [-0.3, -0.25) is 4.79 Å². The number of nitrogens with one attached hydrogen (secondary N) is 1. The number of anilines is 1. The number of carbonyl (C=O) groups is 1. The van der Waals surface area contributed by atoms with Gasteiger partial charge in [0.15, 0.2) is 0 Å². The summed E-state index contributed by atoms with van der Waals surface area (Å²) in [6.07, 6.45) is 3.13. The molecule has 2 nitrogen and oxygen atoms in total. The fourth-order valence-electron chi connectivity index (χ4n) is 2.88. The molecule has 1 aromatic carbocycles. The Morgan fingerprint density at radius 3 is 2.75 bits per heavy atom. The Bertz CT molecular complexity index is 472. The van der Waals surface area contributed by atoms with Crippen LogP contribution < -0.4 is 5.32 Å². The van der Waals surface area contributed by atoms with Gasteiger partial charge in [0.05, 0.1) is 10.7 Å². The number of halogens is 2. The molecule has 0 saturated heterocycles. The van der Waals surface area contributed by atoms with Crippen molar-refractivity contribution in [1.29, 1.82) is 0 Å². The molecule has 3 rings (SSSR count). The first-order chi connectivity index (χ1) is 7.66. The van der Waals surface area contributed by atoms with Crippen LogP contribution >= 0.6 is 23.2 Å². The molecule has 0 aromatic heterocycles. The zero-order valence-corrected chi connectivity index (χ0v) is 10.1. The van der Waals surface area contributed by atoms with Crippen LogP contribution in [0.25, 0.3) is 0 Å². The highest BCUT2D eigenvalue weighted by Gasteiger charge is 2.39. The van der Waals surface area contributed by atoms with Crippen LogP contribution in [0.5, 0.6) is 0 Å². The zero-order chi connectivity index (χ0) is 11.3. The first-order valence-corrected chi connectivity index (χ1v) is 6.22. The van der Waals surface area contributed by atoms with E-state index in [4.69, 9.17) is 23.2 Å². The lowest BCUT2D eigenvalue weighted by molar-refractivity contribution is -0.120. The molecular weight excluding hydrogens is 245 g/mol. The normalized spacial score (nSPS) is 27.2. The van der Waals surface area contributed by atoms with Gasteiger partial charge >= 0.3 is 0 Å². The van der Waals surface area contributed by atoms with Crippen LogP contribution in [0.2, 0.25) is 10.0 Å². The van der Waals surface area contributed by atoms with Crippen molar-refractivity contribution in [3.63, 3.8) is 0 Å². The van der Waals surface area contributed by atoms with E-state index in [1.807, 2.05) is 6.07 Å². The summed E-state index contributed by atoms with van der Waals surface area (Å²) in [5, 5.41) is 4.08. The van der Waals surface area contributed by atoms with Gasteiger partial charge in [0.2, 0.25) is 5.91 Å². The number of carbonyl (C=O) groups excluding carboxylic acids is 1. The monoisotopic (exact) mass is 255 g/mol. The minimum Gasteiger partial charge on any atom is -0.324 e. The van der Waals surface area contributed by atoms with Crippen LogP contribution in [-0.4, -0.2) is 5.91 Å². The second-order valence-corrected chi connectivity index (χ2v) is 5.33. The average Bonchev–Trinajstić information content (AvgIpc) is 2.69. The van der Waals surface area contributed by atoms with Crippen LogP contribution in [0.1, 0.15) is 30.7 Å². The number of rotatable bonds is 0. The highest BCUT2D eigenvalue weighted by molar-refractivity contribution is 6.37. The number of amides is 1. The molecule has 2 aliphatic rings. The van der Waals surface area contributed by atoms with Gasteiger partial charge < -0.3 is 5.32 Å². The topological polar surface area (TPSA) is 29.1 Å². The fourth-order valence-corrected chi connectivity index (χ4v) is 3.44. The van der Waals surface area contributed by atoms with Gasteiger partial charge in [-0.2, -0.15) is 0 Å². The van der Waals surface area contributed by atoms with E-state index in [0.717, 1.165) is 30.5 Å². The quantitative estimate of drug-likeness (QED) is 0.750. The van der Waals surface area contributed by atoms with E-state index in [0.29, 0.717) is 16.0 Å². The van der Waals surface area contributed by atoms with Crippen LogP contribution in [-0.2, 0) is 4.79 Å². The average molecular weight is 256 g/mol. The van der Waals surface area contributed by atoms with E-state index in [9.17, 15) is 4.79 Å². The molecule has 1 N–H and O–H groups in total. The molecule has 2 atom stereocenters. The molecule has 0 bridgehead atoms. The molecular formula is C12H11Cl2NO. The van der Waals surface area contributed by atoms with Gasteiger partial charge in [-0.25, -0.2) is 0 Å². The molecule has 1 heterocycles. The third-order valence-electron chi connectivity index (χ3n) is 3.59. The van der Waals surface area contributed by atoms with E-state index in [-0.39, 0.29) is 11.8 Å². The first kappa shape index (κ1) is 10.4. The van der Waals surface area contributed by atoms with E-state index in [1.54, 1.807) is 6.07 Å². The van der Waals surface area contributed by atoms with Crippen molar-refractivity contribution in [1.82, 2.24) is 0 Å². The molecule has 84 valence electrons. The zero-order valence-electron chi connectivity index (χ0n) is 8.59. The molecule has 2 unspecified atom stereocenters. The summed E-state index contributed by atoms with van der Waals surface area (Å²) < 4.78 is 0. The van der Waals surface area contributed by atoms with Crippen LogP contribution in [0.3, 0.4) is 0 Å². The number of hydrogen-bond donors (Lipinski definition) is 1. The fraction of sp³-hybridized carbons (Fsp3) is 0.417. The summed E-state index contributed by atoms with van der Waals surface area (Å²) in [5.41, 5.74) is 1.87. The molecule has 1 aliphatic carbocycles. The van der Waals surface area contributed by atoms with Crippen molar-refractivity contribution < 1.29 is 4.79 Å².